The Labute approximate surface area is 91.5 Å². The van der Waals surface area contributed by atoms with Gasteiger partial charge in [-0.15, -0.1) is 0 Å². The fourth-order valence-electron chi connectivity index (χ4n) is 0.994. The fraction of sp³-hybridized carbons (Fsp3) is 0.143. The molecule has 62 valence electrons. The summed E-state index contributed by atoms with van der Waals surface area (Å²) in [5.74, 6) is 0. The predicted octanol–water partition coefficient (Wildman–Crippen LogP) is 2.40. The quantitative estimate of drug-likeness (QED) is 0.691. The molecule has 0 saturated heterocycles. The van der Waals surface area contributed by atoms with Gasteiger partial charge in [-0.05, 0) is 57.6 Å². The molecular formula is C7H5BrIN3. The standard InChI is InChI=1S/C7H5BrIN3/c1-4-7(9)12-6(10-4)3-2-5(8)11-12/h2-3H,1H3. The Morgan fingerprint density at radius 1 is 1.50 bits per heavy atom. The van der Waals surface area contributed by atoms with Crippen molar-refractivity contribution < 1.29 is 0 Å². The molecule has 0 aliphatic rings. The van der Waals surface area contributed by atoms with Gasteiger partial charge in [0, 0.05) is 0 Å². The molecular weight excluding hydrogens is 333 g/mol. The highest BCUT2D eigenvalue weighted by Crippen LogP contribution is 2.14. The third-order valence-electron chi connectivity index (χ3n) is 1.55. The summed E-state index contributed by atoms with van der Waals surface area (Å²) in [7, 11) is 0. The first-order valence-electron chi connectivity index (χ1n) is 3.36. The molecule has 0 aliphatic heterocycles. The van der Waals surface area contributed by atoms with E-state index in [0.717, 1.165) is 19.6 Å². The molecule has 0 unspecified atom stereocenters. The molecule has 0 fully saturated rings. The van der Waals surface area contributed by atoms with Crippen molar-refractivity contribution in [3.8, 4) is 0 Å². The third-order valence-corrected chi connectivity index (χ3v) is 3.21. The molecule has 0 spiro atoms. The van der Waals surface area contributed by atoms with Crippen LogP contribution in [0.4, 0.5) is 0 Å². The molecule has 0 radical (unpaired) electrons. The van der Waals surface area contributed by atoms with Crippen molar-refractivity contribution in [1.82, 2.24) is 14.6 Å². The van der Waals surface area contributed by atoms with E-state index in [1.54, 1.807) is 0 Å². The number of aromatic nitrogens is 3. The van der Waals surface area contributed by atoms with Crippen LogP contribution in [0.15, 0.2) is 16.7 Å². The first-order valence-corrected chi connectivity index (χ1v) is 5.23. The van der Waals surface area contributed by atoms with Gasteiger partial charge in [-0.25, -0.2) is 9.50 Å². The van der Waals surface area contributed by atoms with Crippen molar-refractivity contribution >= 4 is 44.2 Å². The van der Waals surface area contributed by atoms with E-state index in [-0.39, 0.29) is 0 Å². The zero-order valence-electron chi connectivity index (χ0n) is 6.25. The van der Waals surface area contributed by atoms with E-state index in [1.807, 2.05) is 23.6 Å². The minimum Gasteiger partial charge on any atom is -0.231 e. The second kappa shape index (κ2) is 2.95. The first kappa shape index (κ1) is 8.43. The monoisotopic (exact) mass is 337 g/mol. The van der Waals surface area contributed by atoms with Crippen LogP contribution in [0.5, 0.6) is 0 Å². The van der Waals surface area contributed by atoms with Crippen molar-refractivity contribution in [2.24, 2.45) is 0 Å². The Morgan fingerprint density at radius 2 is 2.25 bits per heavy atom. The molecule has 0 aromatic carbocycles. The largest absolute Gasteiger partial charge is 0.231 e. The molecule has 0 atom stereocenters. The number of fused-ring (bicyclic) bond motifs is 1. The van der Waals surface area contributed by atoms with Gasteiger partial charge in [0.2, 0.25) is 0 Å². The first-order chi connectivity index (χ1) is 5.68. The van der Waals surface area contributed by atoms with Gasteiger partial charge in [0.1, 0.15) is 8.30 Å². The Kier molecular flexibility index (Phi) is 2.07. The van der Waals surface area contributed by atoms with Crippen LogP contribution in [0, 0.1) is 10.6 Å². The van der Waals surface area contributed by atoms with E-state index in [4.69, 9.17) is 0 Å². The minimum atomic E-state index is 0.824. The Hall–Kier alpha value is -0.170. The average molecular weight is 338 g/mol. The summed E-state index contributed by atoms with van der Waals surface area (Å²) >= 11 is 5.54. The molecule has 2 rings (SSSR count). The van der Waals surface area contributed by atoms with Crippen molar-refractivity contribution in [3.05, 3.63) is 26.1 Å². The van der Waals surface area contributed by atoms with E-state index in [1.165, 1.54) is 0 Å². The van der Waals surface area contributed by atoms with Gasteiger partial charge in [-0.3, -0.25) is 0 Å². The van der Waals surface area contributed by atoms with Gasteiger partial charge < -0.3 is 0 Å². The number of halogens is 2. The lowest BCUT2D eigenvalue weighted by atomic mass is 10.6. The van der Waals surface area contributed by atoms with E-state index in [2.05, 4.69) is 48.6 Å². The Bertz CT molecular complexity index is 437. The highest BCUT2D eigenvalue weighted by molar-refractivity contribution is 14.1. The number of aryl methyl sites for hydroxylation is 1. The molecule has 0 bridgehead atoms. The number of imidazole rings is 1. The van der Waals surface area contributed by atoms with Crippen LogP contribution in [0.3, 0.4) is 0 Å². The third kappa shape index (κ3) is 1.24. The minimum absolute atomic E-state index is 0.824. The summed E-state index contributed by atoms with van der Waals surface area (Å²) in [4.78, 5) is 4.33. The van der Waals surface area contributed by atoms with Crippen LogP contribution in [-0.4, -0.2) is 14.6 Å². The number of hydrogen-bond acceptors (Lipinski definition) is 2. The smallest absolute Gasteiger partial charge is 0.155 e. The van der Waals surface area contributed by atoms with Crippen LogP contribution in [0.1, 0.15) is 5.69 Å². The molecule has 3 nitrogen and oxygen atoms in total. The highest BCUT2D eigenvalue weighted by Gasteiger charge is 2.05. The zero-order chi connectivity index (χ0) is 8.72. The maximum Gasteiger partial charge on any atom is 0.155 e. The number of nitrogens with zero attached hydrogens (tertiary/aromatic N) is 3. The topological polar surface area (TPSA) is 30.2 Å². The molecule has 0 N–H and O–H groups in total. The summed E-state index contributed by atoms with van der Waals surface area (Å²) in [5.41, 5.74) is 1.90. The second-order valence-corrected chi connectivity index (χ2v) is 4.25. The lowest BCUT2D eigenvalue weighted by Crippen LogP contribution is -1.93. The van der Waals surface area contributed by atoms with E-state index in [9.17, 15) is 0 Å². The van der Waals surface area contributed by atoms with Crippen molar-refractivity contribution in [3.63, 3.8) is 0 Å². The van der Waals surface area contributed by atoms with E-state index >= 15 is 0 Å². The highest BCUT2D eigenvalue weighted by atomic mass is 127. The summed E-state index contributed by atoms with van der Waals surface area (Å²) in [6.07, 6.45) is 0. The Balaban J connectivity index is 2.88. The molecule has 0 saturated carbocycles. The van der Waals surface area contributed by atoms with E-state index in [0.29, 0.717) is 0 Å². The molecule has 2 aromatic rings. The number of hydrogen-bond donors (Lipinski definition) is 0. The van der Waals surface area contributed by atoms with Gasteiger partial charge in [-0.2, -0.15) is 5.10 Å². The SMILES string of the molecule is Cc1nc2ccc(Br)nn2c1I. The summed E-state index contributed by atoms with van der Waals surface area (Å²) in [6, 6.07) is 3.82. The molecule has 0 aliphatic carbocycles. The van der Waals surface area contributed by atoms with Gasteiger partial charge >= 0.3 is 0 Å². The molecule has 0 amide bonds. The Morgan fingerprint density at radius 3 is 3.00 bits per heavy atom. The van der Waals surface area contributed by atoms with Gasteiger partial charge in [-0.1, -0.05) is 0 Å². The van der Waals surface area contributed by atoms with Crippen LogP contribution < -0.4 is 0 Å². The second-order valence-electron chi connectivity index (χ2n) is 2.41. The lowest BCUT2D eigenvalue weighted by molar-refractivity contribution is 0.893. The van der Waals surface area contributed by atoms with E-state index < -0.39 is 0 Å². The van der Waals surface area contributed by atoms with Gasteiger partial charge in [0.25, 0.3) is 0 Å². The zero-order valence-corrected chi connectivity index (χ0v) is 10.00. The maximum absolute atomic E-state index is 4.33. The van der Waals surface area contributed by atoms with Crippen LogP contribution in [0.2, 0.25) is 0 Å². The summed E-state index contributed by atoms with van der Waals surface area (Å²) in [6.45, 7) is 1.98. The predicted molar refractivity (Wildman–Crippen MR) is 58.1 cm³/mol. The molecule has 2 aromatic heterocycles. The van der Waals surface area contributed by atoms with Crippen molar-refractivity contribution in [2.45, 2.75) is 6.92 Å². The normalized spacial score (nSPS) is 10.9. The lowest BCUT2D eigenvalue weighted by Gasteiger charge is -1.93. The molecule has 2 heterocycles. The maximum atomic E-state index is 4.33. The van der Waals surface area contributed by atoms with Gasteiger partial charge in [0.05, 0.1) is 5.69 Å². The van der Waals surface area contributed by atoms with Crippen LogP contribution in [-0.2, 0) is 0 Å². The average Bonchev–Trinajstić information content (AvgIpc) is 2.31. The van der Waals surface area contributed by atoms with Crippen molar-refractivity contribution in [1.29, 1.82) is 0 Å². The van der Waals surface area contributed by atoms with Crippen LogP contribution in [0.25, 0.3) is 5.65 Å². The fourth-order valence-corrected chi connectivity index (χ4v) is 1.76. The molecule has 12 heavy (non-hydrogen) atoms. The summed E-state index contributed by atoms with van der Waals surface area (Å²) < 4.78 is 3.70. The molecule has 5 heteroatoms. The van der Waals surface area contributed by atoms with Crippen LogP contribution >= 0.6 is 38.5 Å². The number of rotatable bonds is 0. The van der Waals surface area contributed by atoms with Crippen molar-refractivity contribution in [2.75, 3.05) is 0 Å². The summed E-state index contributed by atoms with van der Waals surface area (Å²) in [5, 5.41) is 4.26. The van der Waals surface area contributed by atoms with Gasteiger partial charge in [0.15, 0.2) is 5.65 Å².